The minimum Gasteiger partial charge on any atom is -0.334 e. The van der Waals surface area contributed by atoms with Crippen LogP contribution in [0.2, 0.25) is 0 Å². The zero-order valence-corrected chi connectivity index (χ0v) is 20.1. The SMILES string of the molecule is O=C(Nc1ccc(F)cc1)NC1CCN(C/C=C/CN2CCC(NC(=O)Nc3ccc(F)cc3)C2)C1. The van der Waals surface area contributed by atoms with E-state index in [1.165, 1.54) is 48.5 Å². The van der Waals surface area contributed by atoms with Crippen LogP contribution in [0.1, 0.15) is 12.8 Å². The van der Waals surface area contributed by atoms with Gasteiger partial charge in [0.2, 0.25) is 0 Å². The van der Waals surface area contributed by atoms with Crippen LogP contribution in [0.25, 0.3) is 0 Å². The number of nitrogens with one attached hydrogen (secondary N) is 4. The number of carbonyl (C=O) groups excluding carboxylic acids is 2. The van der Waals surface area contributed by atoms with Gasteiger partial charge in [-0.25, -0.2) is 18.4 Å². The van der Waals surface area contributed by atoms with Crippen LogP contribution in [0.5, 0.6) is 0 Å². The van der Waals surface area contributed by atoms with Crippen LogP contribution in [0.15, 0.2) is 60.7 Å². The average Bonchev–Trinajstić information content (AvgIpc) is 3.49. The molecule has 2 aromatic rings. The molecule has 0 saturated carbocycles. The van der Waals surface area contributed by atoms with Crippen LogP contribution in [-0.4, -0.2) is 73.2 Å². The van der Waals surface area contributed by atoms with Crippen molar-refractivity contribution in [2.75, 3.05) is 49.9 Å². The van der Waals surface area contributed by atoms with Gasteiger partial charge in [0.05, 0.1) is 0 Å². The fourth-order valence-corrected chi connectivity index (χ4v) is 4.45. The van der Waals surface area contributed by atoms with Gasteiger partial charge in [0.25, 0.3) is 0 Å². The van der Waals surface area contributed by atoms with Crippen molar-refractivity contribution in [3.8, 4) is 0 Å². The van der Waals surface area contributed by atoms with E-state index in [1.54, 1.807) is 0 Å². The molecule has 10 heteroatoms. The molecule has 2 aliphatic heterocycles. The van der Waals surface area contributed by atoms with Crippen LogP contribution < -0.4 is 21.3 Å². The molecule has 0 aromatic heterocycles. The fraction of sp³-hybridized carbons (Fsp3) is 0.385. The second kappa shape index (κ2) is 12.5. The third-order valence-corrected chi connectivity index (χ3v) is 6.31. The van der Waals surface area contributed by atoms with Gasteiger partial charge in [-0.1, -0.05) is 12.2 Å². The van der Waals surface area contributed by atoms with Gasteiger partial charge in [0, 0.05) is 62.7 Å². The minimum atomic E-state index is -0.340. The van der Waals surface area contributed by atoms with E-state index in [4.69, 9.17) is 0 Å². The van der Waals surface area contributed by atoms with Gasteiger partial charge in [-0.15, -0.1) is 0 Å². The van der Waals surface area contributed by atoms with Crippen LogP contribution in [0.3, 0.4) is 0 Å². The van der Waals surface area contributed by atoms with Gasteiger partial charge in [-0.05, 0) is 61.4 Å². The second-order valence-corrected chi connectivity index (χ2v) is 9.17. The predicted molar refractivity (Wildman–Crippen MR) is 136 cm³/mol. The predicted octanol–water partition coefficient (Wildman–Crippen LogP) is 3.61. The molecule has 2 saturated heterocycles. The van der Waals surface area contributed by atoms with E-state index in [9.17, 15) is 18.4 Å². The van der Waals surface area contributed by atoms with Crippen molar-refractivity contribution in [3.63, 3.8) is 0 Å². The second-order valence-electron chi connectivity index (χ2n) is 9.17. The third-order valence-electron chi connectivity index (χ3n) is 6.31. The van der Waals surface area contributed by atoms with Crippen molar-refractivity contribution < 1.29 is 18.4 Å². The number of urea groups is 2. The van der Waals surface area contributed by atoms with E-state index in [-0.39, 0.29) is 35.8 Å². The highest BCUT2D eigenvalue weighted by Gasteiger charge is 2.24. The van der Waals surface area contributed by atoms with E-state index in [2.05, 4.69) is 43.2 Å². The van der Waals surface area contributed by atoms with Crippen LogP contribution >= 0.6 is 0 Å². The topological polar surface area (TPSA) is 88.7 Å². The van der Waals surface area contributed by atoms with Crippen molar-refractivity contribution in [2.24, 2.45) is 0 Å². The molecule has 4 N–H and O–H groups in total. The Morgan fingerprint density at radius 1 is 0.722 bits per heavy atom. The number of nitrogens with zero attached hydrogens (tertiary/aromatic N) is 2. The van der Waals surface area contributed by atoms with Crippen molar-refractivity contribution in [3.05, 3.63) is 72.3 Å². The summed E-state index contributed by atoms with van der Waals surface area (Å²) in [5, 5.41) is 11.4. The Morgan fingerprint density at radius 3 is 1.50 bits per heavy atom. The number of halogens is 2. The maximum atomic E-state index is 13.0. The molecule has 2 aromatic carbocycles. The summed E-state index contributed by atoms with van der Waals surface area (Å²) in [6, 6.07) is 10.9. The fourth-order valence-electron chi connectivity index (χ4n) is 4.45. The number of carbonyl (C=O) groups is 2. The lowest BCUT2D eigenvalue weighted by Crippen LogP contribution is -2.39. The first-order valence-corrected chi connectivity index (χ1v) is 12.2. The van der Waals surface area contributed by atoms with E-state index in [0.717, 1.165) is 52.1 Å². The zero-order chi connectivity index (χ0) is 25.3. The number of benzene rings is 2. The largest absolute Gasteiger partial charge is 0.334 e. The number of hydrogen-bond acceptors (Lipinski definition) is 4. The molecule has 0 spiro atoms. The van der Waals surface area contributed by atoms with E-state index >= 15 is 0 Å². The number of amides is 4. The van der Waals surface area contributed by atoms with Gasteiger partial charge in [0.1, 0.15) is 11.6 Å². The molecular weight excluding hydrogens is 466 g/mol. The summed E-state index contributed by atoms with van der Waals surface area (Å²) in [4.78, 5) is 28.9. The molecule has 2 aliphatic rings. The molecular formula is C26H32F2N6O2. The molecule has 2 unspecified atom stereocenters. The minimum absolute atomic E-state index is 0.0744. The van der Waals surface area contributed by atoms with Crippen LogP contribution in [0.4, 0.5) is 29.7 Å². The molecule has 4 rings (SSSR count). The van der Waals surface area contributed by atoms with Gasteiger partial charge < -0.3 is 21.3 Å². The summed E-state index contributed by atoms with van der Waals surface area (Å²) >= 11 is 0. The van der Waals surface area contributed by atoms with Crippen molar-refractivity contribution >= 4 is 23.4 Å². The average molecular weight is 499 g/mol. The molecule has 36 heavy (non-hydrogen) atoms. The first-order chi connectivity index (χ1) is 17.4. The lowest BCUT2D eigenvalue weighted by molar-refractivity contribution is 0.247. The quantitative estimate of drug-likeness (QED) is 0.419. The first-order valence-electron chi connectivity index (χ1n) is 12.2. The maximum absolute atomic E-state index is 13.0. The Bertz CT molecular complexity index is 964. The van der Waals surface area contributed by atoms with Gasteiger partial charge >= 0.3 is 12.1 Å². The molecule has 4 amide bonds. The highest BCUT2D eigenvalue weighted by atomic mass is 19.1. The highest BCUT2D eigenvalue weighted by Crippen LogP contribution is 2.13. The third kappa shape index (κ3) is 8.03. The summed E-state index contributed by atoms with van der Waals surface area (Å²) in [7, 11) is 0. The molecule has 192 valence electrons. The van der Waals surface area contributed by atoms with Gasteiger partial charge in [-0.3, -0.25) is 9.80 Å². The maximum Gasteiger partial charge on any atom is 0.319 e. The number of rotatable bonds is 8. The molecule has 0 aliphatic carbocycles. The molecule has 2 heterocycles. The lowest BCUT2D eigenvalue weighted by Gasteiger charge is -2.17. The van der Waals surface area contributed by atoms with Crippen molar-refractivity contribution in [1.29, 1.82) is 0 Å². The first kappa shape index (κ1) is 25.6. The molecule has 8 nitrogen and oxygen atoms in total. The Balaban J connectivity index is 1.09. The monoisotopic (exact) mass is 498 g/mol. The normalized spacial score (nSPS) is 20.5. The van der Waals surface area contributed by atoms with E-state index in [0.29, 0.717) is 11.4 Å². The summed E-state index contributed by atoms with van der Waals surface area (Å²) < 4.78 is 26.0. The summed E-state index contributed by atoms with van der Waals surface area (Å²) in [6.07, 6.45) is 6.04. The number of hydrogen-bond donors (Lipinski definition) is 4. The summed E-state index contributed by atoms with van der Waals surface area (Å²) in [5.74, 6) is -0.680. The Labute approximate surface area is 209 Å². The standard InChI is InChI=1S/C26H32F2N6O2/c27-19-3-7-21(8-4-19)29-25(35)31-23-11-15-33(17-23)13-1-2-14-34-16-12-24(18-34)32-26(36)30-22-9-5-20(28)6-10-22/h1-10,23-24H,11-18H2,(H2,29,31,35)(H2,30,32,36)/b2-1+. The Hall–Kier alpha value is -3.50. The van der Waals surface area contributed by atoms with Crippen LogP contribution in [-0.2, 0) is 0 Å². The molecule has 0 radical (unpaired) electrons. The van der Waals surface area contributed by atoms with Gasteiger partial charge in [0.15, 0.2) is 0 Å². The Kier molecular flexibility index (Phi) is 8.85. The van der Waals surface area contributed by atoms with Gasteiger partial charge in [-0.2, -0.15) is 0 Å². The van der Waals surface area contributed by atoms with Crippen molar-refractivity contribution in [1.82, 2.24) is 20.4 Å². The number of likely N-dealkylation sites (tertiary alicyclic amines) is 2. The zero-order valence-electron chi connectivity index (χ0n) is 20.1. The molecule has 2 atom stereocenters. The Morgan fingerprint density at radius 2 is 1.11 bits per heavy atom. The number of anilines is 2. The summed E-state index contributed by atoms with van der Waals surface area (Å²) in [5.41, 5.74) is 1.11. The van der Waals surface area contributed by atoms with E-state index in [1.807, 2.05) is 0 Å². The van der Waals surface area contributed by atoms with Crippen molar-refractivity contribution in [2.45, 2.75) is 24.9 Å². The van der Waals surface area contributed by atoms with Crippen LogP contribution in [0, 0.1) is 11.6 Å². The smallest absolute Gasteiger partial charge is 0.319 e. The summed E-state index contributed by atoms with van der Waals surface area (Å²) in [6.45, 7) is 5.00. The lowest BCUT2D eigenvalue weighted by atomic mass is 10.2. The highest BCUT2D eigenvalue weighted by molar-refractivity contribution is 5.90. The molecule has 2 fully saturated rings. The molecule has 0 bridgehead atoms. The van der Waals surface area contributed by atoms with E-state index < -0.39 is 0 Å².